The van der Waals surface area contributed by atoms with E-state index in [-0.39, 0.29) is 24.9 Å². The van der Waals surface area contributed by atoms with Crippen molar-refractivity contribution in [3.63, 3.8) is 0 Å². The molecule has 4 nitrogen and oxygen atoms in total. The van der Waals surface area contributed by atoms with E-state index in [4.69, 9.17) is 4.74 Å². The maximum Gasteiger partial charge on any atom is 0.319 e. The third-order valence-electron chi connectivity index (χ3n) is 1.63. The van der Waals surface area contributed by atoms with Crippen LogP contribution in [0, 0.1) is 0 Å². The Balaban J connectivity index is 0.00000196. The van der Waals surface area contributed by atoms with Crippen LogP contribution in [0.4, 0.5) is 0 Å². The summed E-state index contributed by atoms with van der Waals surface area (Å²) in [5.74, 6) is -0.226. The van der Waals surface area contributed by atoms with Crippen molar-refractivity contribution in [3.05, 3.63) is 30.1 Å². The SMILES string of the molecule is CCOC(=O)CNCc1cccnc1.Cl. The van der Waals surface area contributed by atoms with Crippen LogP contribution in [0.15, 0.2) is 24.5 Å². The van der Waals surface area contributed by atoms with Gasteiger partial charge in [-0.1, -0.05) is 6.07 Å². The van der Waals surface area contributed by atoms with Crippen LogP contribution in [0.25, 0.3) is 0 Å². The van der Waals surface area contributed by atoms with Crippen LogP contribution in [0.2, 0.25) is 0 Å². The number of hydrogen-bond acceptors (Lipinski definition) is 4. The van der Waals surface area contributed by atoms with Crippen molar-refractivity contribution >= 4 is 18.4 Å². The van der Waals surface area contributed by atoms with E-state index < -0.39 is 0 Å². The molecule has 1 heterocycles. The summed E-state index contributed by atoms with van der Waals surface area (Å²) in [6.45, 7) is 3.09. The number of halogens is 1. The summed E-state index contributed by atoms with van der Waals surface area (Å²) >= 11 is 0. The summed E-state index contributed by atoms with van der Waals surface area (Å²) in [7, 11) is 0. The van der Waals surface area contributed by atoms with E-state index in [1.54, 1.807) is 19.3 Å². The van der Waals surface area contributed by atoms with E-state index in [9.17, 15) is 4.79 Å². The Labute approximate surface area is 95.5 Å². The van der Waals surface area contributed by atoms with Gasteiger partial charge in [0.2, 0.25) is 0 Å². The smallest absolute Gasteiger partial charge is 0.319 e. The van der Waals surface area contributed by atoms with E-state index in [1.165, 1.54) is 0 Å². The van der Waals surface area contributed by atoms with Crippen molar-refractivity contribution in [2.24, 2.45) is 0 Å². The molecule has 1 N–H and O–H groups in total. The van der Waals surface area contributed by atoms with E-state index in [0.717, 1.165) is 5.56 Å². The first-order valence-electron chi connectivity index (χ1n) is 4.58. The molecule has 0 radical (unpaired) electrons. The van der Waals surface area contributed by atoms with Crippen LogP contribution >= 0.6 is 12.4 Å². The Bertz CT molecular complexity index is 280. The number of esters is 1. The molecule has 0 aliphatic heterocycles. The van der Waals surface area contributed by atoms with Crippen molar-refractivity contribution in [3.8, 4) is 0 Å². The number of hydrogen-bond donors (Lipinski definition) is 1. The third-order valence-corrected chi connectivity index (χ3v) is 1.63. The average Bonchev–Trinajstić information content (AvgIpc) is 2.20. The summed E-state index contributed by atoms with van der Waals surface area (Å²) in [6.07, 6.45) is 3.48. The number of ether oxygens (including phenoxy) is 1. The van der Waals surface area contributed by atoms with Crippen molar-refractivity contribution in [2.45, 2.75) is 13.5 Å². The zero-order valence-corrected chi connectivity index (χ0v) is 9.42. The minimum absolute atomic E-state index is 0. The Morgan fingerprint density at radius 2 is 2.40 bits per heavy atom. The standard InChI is InChI=1S/C10H14N2O2.ClH/c1-2-14-10(13)8-12-7-9-4-3-5-11-6-9;/h3-6,12H,2,7-8H2,1H3;1H. The molecule has 0 bridgehead atoms. The zero-order valence-electron chi connectivity index (χ0n) is 8.60. The van der Waals surface area contributed by atoms with Crippen LogP contribution in [0.5, 0.6) is 0 Å². The second kappa shape index (κ2) is 8.20. The number of nitrogens with zero attached hydrogens (tertiary/aromatic N) is 1. The molecule has 5 heteroatoms. The molecule has 0 aromatic carbocycles. The summed E-state index contributed by atoms with van der Waals surface area (Å²) in [5, 5.41) is 2.97. The highest BCUT2D eigenvalue weighted by atomic mass is 35.5. The summed E-state index contributed by atoms with van der Waals surface area (Å²) < 4.78 is 4.76. The molecular formula is C10H15ClN2O2. The van der Waals surface area contributed by atoms with E-state index in [2.05, 4.69) is 10.3 Å². The largest absolute Gasteiger partial charge is 0.465 e. The maximum atomic E-state index is 10.9. The molecule has 0 aliphatic carbocycles. The zero-order chi connectivity index (χ0) is 10.2. The number of pyridine rings is 1. The Kier molecular flexibility index (Phi) is 7.58. The van der Waals surface area contributed by atoms with Crippen molar-refractivity contribution in [2.75, 3.05) is 13.2 Å². The fourth-order valence-corrected chi connectivity index (χ4v) is 1.02. The Morgan fingerprint density at radius 3 is 3.00 bits per heavy atom. The molecular weight excluding hydrogens is 216 g/mol. The molecule has 0 spiro atoms. The van der Waals surface area contributed by atoms with Crippen LogP contribution in [0.1, 0.15) is 12.5 Å². The van der Waals surface area contributed by atoms with Gasteiger partial charge in [-0.15, -0.1) is 12.4 Å². The van der Waals surface area contributed by atoms with Gasteiger partial charge in [0.25, 0.3) is 0 Å². The molecule has 0 amide bonds. The monoisotopic (exact) mass is 230 g/mol. The molecule has 15 heavy (non-hydrogen) atoms. The second-order valence-electron chi connectivity index (χ2n) is 2.77. The molecule has 1 aromatic heterocycles. The number of rotatable bonds is 5. The first-order chi connectivity index (χ1) is 6.83. The normalized spacial score (nSPS) is 9.13. The van der Waals surface area contributed by atoms with Crippen LogP contribution < -0.4 is 5.32 Å². The van der Waals surface area contributed by atoms with Gasteiger partial charge in [-0.25, -0.2) is 0 Å². The fourth-order valence-electron chi connectivity index (χ4n) is 1.02. The molecule has 1 aromatic rings. The van der Waals surface area contributed by atoms with Crippen LogP contribution in [0.3, 0.4) is 0 Å². The Morgan fingerprint density at radius 1 is 1.60 bits per heavy atom. The number of carbonyl (C=O) groups is 1. The highest BCUT2D eigenvalue weighted by Gasteiger charge is 1.99. The minimum atomic E-state index is -0.226. The van der Waals surface area contributed by atoms with Crippen LogP contribution in [-0.2, 0) is 16.1 Å². The first kappa shape index (κ1) is 13.9. The second-order valence-corrected chi connectivity index (χ2v) is 2.77. The molecule has 1 rings (SSSR count). The van der Waals surface area contributed by atoms with E-state index in [0.29, 0.717) is 13.2 Å². The van der Waals surface area contributed by atoms with Gasteiger partial charge >= 0.3 is 5.97 Å². The minimum Gasteiger partial charge on any atom is -0.465 e. The maximum absolute atomic E-state index is 10.9. The predicted octanol–water partition coefficient (Wildman–Crippen LogP) is 1.16. The number of aromatic nitrogens is 1. The van der Waals surface area contributed by atoms with Gasteiger partial charge in [0.1, 0.15) is 0 Å². The first-order valence-corrected chi connectivity index (χ1v) is 4.58. The molecule has 0 saturated carbocycles. The molecule has 0 saturated heterocycles. The lowest BCUT2D eigenvalue weighted by Crippen LogP contribution is -2.24. The third kappa shape index (κ3) is 6.04. The highest BCUT2D eigenvalue weighted by molar-refractivity contribution is 5.85. The van der Waals surface area contributed by atoms with E-state index >= 15 is 0 Å². The van der Waals surface area contributed by atoms with Crippen molar-refractivity contribution < 1.29 is 9.53 Å². The van der Waals surface area contributed by atoms with Crippen LogP contribution in [-0.4, -0.2) is 24.1 Å². The van der Waals surface area contributed by atoms with Gasteiger partial charge in [-0.2, -0.15) is 0 Å². The molecule has 0 unspecified atom stereocenters. The summed E-state index contributed by atoms with van der Waals surface area (Å²) in [4.78, 5) is 14.9. The van der Waals surface area contributed by atoms with E-state index in [1.807, 2.05) is 12.1 Å². The lowest BCUT2D eigenvalue weighted by Gasteiger charge is -2.03. The fraction of sp³-hybridized carbons (Fsp3) is 0.400. The highest BCUT2D eigenvalue weighted by Crippen LogP contribution is 1.93. The molecule has 84 valence electrons. The summed E-state index contributed by atoms with van der Waals surface area (Å²) in [6, 6.07) is 3.81. The van der Waals surface area contributed by atoms with Gasteiger partial charge < -0.3 is 10.1 Å². The van der Waals surface area contributed by atoms with Gasteiger partial charge in [-0.3, -0.25) is 9.78 Å². The molecule has 0 atom stereocenters. The lowest BCUT2D eigenvalue weighted by atomic mass is 10.3. The Hall–Kier alpha value is -1.13. The van der Waals surface area contributed by atoms with Gasteiger partial charge in [0.15, 0.2) is 0 Å². The summed E-state index contributed by atoms with van der Waals surface area (Å²) in [5.41, 5.74) is 1.05. The average molecular weight is 231 g/mol. The quantitative estimate of drug-likeness (QED) is 0.772. The number of carbonyl (C=O) groups excluding carboxylic acids is 1. The van der Waals surface area contributed by atoms with Crippen molar-refractivity contribution in [1.29, 1.82) is 0 Å². The topological polar surface area (TPSA) is 51.2 Å². The molecule has 0 fully saturated rings. The van der Waals surface area contributed by atoms with Gasteiger partial charge in [-0.05, 0) is 18.6 Å². The number of nitrogens with one attached hydrogen (secondary N) is 1. The lowest BCUT2D eigenvalue weighted by molar-refractivity contribution is -0.142. The van der Waals surface area contributed by atoms with Gasteiger partial charge in [0, 0.05) is 18.9 Å². The predicted molar refractivity (Wildman–Crippen MR) is 59.8 cm³/mol. The van der Waals surface area contributed by atoms with Gasteiger partial charge in [0.05, 0.1) is 13.2 Å². The molecule has 0 aliphatic rings. The van der Waals surface area contributed by atoms with Crippen molar-refractivity contribution in [1.82, 2.24) is 10.3 Å².